The molecule has 0 spiro atoms. The normalized spacial score (nSPS) is 16.7. The average molecular weight is 485 g/mol. The first-order chi connectivity index (χ1) is 15.0. The van der Waals surface area contributed by atoms with Gasteiger partial charge >= 0.3 is 0 Å². The summed E-state index contributed by atoms with van der Waals surface area (Å²) in [6.07, 6.45) is -0.0198. The number of nitro benzene ring substituents is 1. The molecule has 0 unspecified atom stereocenters. The highest BCUT2D eigenvalue weighted by Gasteiger charge is 2.29. The Labute approximate surface area is 184 Å². The van der Waals surface area contributed by atoms with Gasteiger partial charge in [0.2, 0.25) is 10.0 Å². The number of nitrogens with zero attached hydrogens (tertiary/aromatic N) is 3. The van der Waals surface area contributed by atoms with E-state index >= 15 is 0 Å². The third-order valence-electron chi connectivity index (χ3n) is 5.02. The summed E-state index contributed by atoms with van der Waals surface area (Å²) >= 11 is 0. The second-order valence-electron chi connectivity index (χ2n) is 6.91. The first-order valence-corrected chi connectivity index (χ1v) is 12.7. The zero-order valence-corrected chi connectivity index (χ0v) is 18.9. The third-order valence-corrected chi connectivity index (χ3v) is 8.83. The molecule has 13 heteroatoms. The van der Waals surface area contributed by atoms with Crippen molar-refractivity contribution >= 4 is 36.9 Å². The molecule has 1 aliphatic rings. The summed E-state index contributed by atoms with van der Waals surface area (Å²) in [5.74, 6) is -0.888. The van der Waals surface area contributed by atoms with Crippen LogP contribution in [0.25, 0.3) is 0 Å². The molecule has 10 nitrogen and oxygen atoms in total. The van der Waals surface area contributed by atoms with Crippen molar-refractivity contribution in [1.29, 1.82) is 0 Å². The molecule has 2 aromatic carbocycles. The molecular formula is C19H21FN4O6S2. The van der Waals surface area contributed by atoms with Crippen LogP contribution in [0.2, 0.25) is 0 Å². The molecule has 2 aromatic rings. The fourth-order valence-electron chi connectivity index (χ4n) is 3.35. The number of halogens is 1. The van der Waals surface area contributed by atoms with Crippen molar-refractivity contribution < 1.29 is 26.1 Å². The Hall–Kier alpha value is -2.90. The van der Waals surface area contributed by atoms with Gasteiger partial charge in [0.15, 0.2) is 9.84 Å². The van der Waals surface area contributed by atoms with Gasteiger partial charge in [0.1, 0.15) is 11.5 Å². The van der Waals surface area contributed by atoms with Gasteiger partial charge in [0.25, 0.3) is 5.69 Å². The molecular weight excluding hydrogens is 463 g/mol. The van der Waals surface area contributed by atoms with Crippen molar-refractivity contribution in [3.05, 3.63) is 57.9 Å². The van der Waals surface area contributed by atoms with Crippen molar-refractivity contribution in [2.24, 2.45) is 5.10 Å². The third kappa shape index (κ3) is 4.49. The van der Waals surface area contributed by atoms with E-state index in [1.54, 1.807) is 13.8 Å². The maximum atomic E-state index is 13.7. The van der Waals surface area contributed by atoms with Gasteiger partial charge < -0.3 is 0 Å². The minimum atomic E-state index is -3.91. The second-order valence-corrected chi connectivity index (χ2v) is 10.9. The van der Waals surface area contributed by atoms with Gasteiger partial charge in [-0.15, -0.1) is 0 Å². The zero-order valence-electron chi connectivity index (χ0n) is 17.3. The summed E-state index contributed by atoms with van der Waals surface area (Å²) in [6.45, 7) is 3.73. The number of nitrogens with one attached hydrogen (secondary N) is 1. The molecule has 0 aromatic heterocycles. The van der Waals surface area contributed by atoms with Crippen molar-refractivity contribution in [1.82, 2.24) is 4.31 Å². The van der Waals surface area contributed by atoms with Gasteiger partial charge in [0, 0.05) is 31.1 Å². The monoisotopic (exact) mass is 484 g/mol. The van der Waals surface area contributed by atoms with E-state index in [4.69, 9.17) is 0 Å². The highest BCUT2D eigenvalue weighted by molar-refractivity contribution is 7.91. The zero-order chi connectivity index (χ0) is 23.7. The van der Waals surface area contributed by atoms with Crippen LogP contribution in [0.15, 0.2) is 51.3 Å². The number of hydrogen-bond acceptors (Lipinski definition) is 8. The maximum Gasteiger partial charge on any atom is 0.295 e. The fourth-order valence-corrected chi connectivity index (χ4v) is 6.30. The lowest BCUT2D eigenvalue weighted by Crippen LogP contribution is -2.30. The SMILES string of the molecule is CCN(CC)S(=O)(=O)c1ccc(N/N=C2/CCS(=O)(=O)c3ccc(F)cc32)c([N+](=O)[O-])c1. The molecule has 172 valence electrons. The summed E-state index contributed by atoms with van der Waals surface area (Å²) in [5.41, 5.74) is 2.18. The first-order valence-electron chi connectivity index (χ1n) is 9.65. The van der Waals surface area contributed by atoms with Gasteiger partial charge in [-0.2, -0.15) is 9.41 Å². The molecule has 1 N–H and O–H groups in total. The van der Waals surface area contributed by atoms with Crippen molar-refractivity contribution in [2.45, 2.75) is 30.1 Å². The Morgan fingerprint density at radius 1 is 1.19 bits per heavy atom. The van der Waals surface area contributed by atoms with Crippen molar-refractivity contribution in [3.63, 3.8) is 0 Å². The van der Waals surface area contributed by atoms with Gasteiger partial charge in [-0.25, -0.2) is 21.2 Å². The molecule has 0 bridgehead atoms. The number of sulfonamides is 1. The van der Waals surface area contributed by atoms with Crippen LogP contribution in [0.4, 0.5) is 15.8 Å². The number of fused-ring (bicyclic) bond motifs is 1. The molecule has 0 saturated carbocycles. The van der Waals surface area contributed by atoms with E-state index in [1.807, 2.05) is 0 Å². The second kappa shape index (κ2) is 8.92. The van der Waals surface area contributed by atoms with E-state index in [0.29, 0.717) is 0 Å². The first kappa shape index (κ1) is 23.8. The molecule has 0 aliphatic carbocycles. The average Bonchev–Trinajstić information content (AvgIpc) is 2.73. The summed E-state index contributed by atoms with van der Waals surface area (Å²) in [5, 5.41) is 15.6. The Bertz CT molecular complexity index is 1310. The van der Waals surface area contributed by atoms with Crippen LogP contribution in [-0.2, 0) is 19.9 Å². The number of hydrogen-bond donors (Lipinski definition) is 1. The number of sulfone groups is 1. The van der Waals surface area contributed by atoms with Crippen LogP contribution in [0.1, 0.15) is 25.8 Å². The van der Waals surface area contributed by atoms with Crippen molar-refractivity contribution in [2.75, 3.05) is 24.3 Å². The summed E-state index contributed by atoms with van der Waals surface area (Å²) < 4.78 is 64.7. The molecule has 0 amide bonds. The van der Waals surface area contributed by atoms with Crippen LogP contribution in [0.3, 0.4) is 0 Å². The highest BCUT2D eigenvalue weighted by atomic mass is 32.2. The predicted octanol–water partition coefficient (Wildman–Crippen LogP) is 2.76. The van der Waals surface area contributed by atoms with Gasteiger partial charge in [-0.05, 0) is 30.3 Å². The Kier molecular flexibility index (Phi) is 6.62. The van der Waals surface area contributed by atoms with Crippen LogP contribution in [-0.4, -0.2) is 50.6 Å². The topological polar surface area (TPSA) is 139 Å². The number of anilines is 1. The fraction of sp³-hybridized carbons (Fsp3) is 0.316. The number of hydrazone groups is 1. The van der Waals surface area contributed by atoms with Crippen LogP contribution < -0.4 is 5.43 Å². The molecule has 3 rings (SSSR count). The minimum absolute atomic E-state index is 0.0198. The molecule has 0 fully saturated rings. The van der Waals surface area contributed by atoms with Crippen LogP contribution in [0, 0.1) is 15.9 Å². The van der Waals surface area contributed by atoms with Crippen LogP contribution in [0.5, 0.6) is 0 Å². The van der Waals surface area contributed by atoms with Gasteiger partial charge in [-0.1, -0.05) is 13.8 Å². The van der Waals surface area contributed by atoms with E-state index in [0.717, 1.165) is 24.3 Å². The van der Waals surface area contributed by atoms with Gasteiger partial charge in [0.05, 0.1) is 26.2 Å². The summed E-state index contributed by atoms with van der Waals surface area (Å²) in [6, 6.07) is 6.61. The number of nitro groups is 1. The smallest absolute Gasteiger partial charge is 0.271 e. The van der Waals surface area contributed by atoms with Crippen LogP contribution >= 0.6 is 0 Å². The number of rotatable bonds is 7. The highest BCUT2D eigenvalue weighted by Crippen LogP contribution is 2.30. The maximum absolute atomic E-state index is 13.7. The minimum Gasteiger partial charge on any atom is -0.271 e. The Morgan fingerprint density at radius 2 is 1.88 bits per heavy atom. The lowest BCUT2D eigenvalue weighted by Gasteiger charge is -2.19. The Balaban J connectivity index is 2.01. The van der Waals surface area contributed by atoms with E-state index in [1.165, 1.54) is 16.4 Å². The standard InChI is InChI=1S/C19H21FN4O6S2/c1-3-23(4-2)32(29,30)14-6-7-17(18(12-14)24(25)26)22-21-16-9-10-31(27,28)19-8-5-13(20)11-15(16)19/h5-8,11-12,22H,3-4,9-10H2,1-2H3/b21-16-. The molecule has 1 aliphatic heterocycles. The molecule has 1 heterocycles. The Morgan fingerprint density at radius 3 is 2.50 bits per heavy atom. The van der Waals surface area contributed by atoms with E-state index < -0.39 is 36.3 Å². The molecule has 0 atom stereocenters. The molecule has 0 radical (unpaired) electrons. The van der Waals surface area contributed by atoms with E-state index in [9.17, 15) is 31.3 Å². The lowest BCUT2D eigenvalue weighted by atomic mass is 10.1. The van der Waals surface area contributed by atoms with E-state index in [-0.39, 0.29) is 52.0 Å². The number of benzene rings is 2. The van der Waals surface area contributed by atoms with Crippen molar-refractivity contribution in [3.8, 4) is 0 Å². The molecule has 32 heavy (non-hydrogen) atoms. The van der Waals surface area contributed by atoms with Gasteiger partial charge in [-0.3, -0.25) is 15.5 Å². The quantitative estimate of drug-likeness (QED) is 0.362. The predicted molar refractivity (Wildman–Crippen MR) is 116 cm³/mol. The van der Waals surface area contributed by atoms with E-state index in [2.05, 4.69) is 10.5 Å². The lowest BCUT2D eigenvalue weighted by molar-refractivity contribution is -0.384. The summed E-state index contributed by atoms with van der Waals surface area (Å²) in [4.78, 5) is 10.5. The summed E-state index contributed by atoms with van der Waals surface area (Å²) in [7, 11) is -7.50. The molecule has 0 saturated heterocycles. The largest absolute Gasteiger partial charge is 0.295 e.